The first-order chi connectivity index (χ1) is 9.45. The number of nitrogens with zero attached hydrogens (tertiary/aromatic N) is 2. The summed E-state index contributed by atoms with van der Waals surface area (Å²) in [5, 5.41) is 12.6. The zero-order valence-electron chi connectivity index (χ0n) is 12.1. The van der Waals surface area contributed by atoms with Crippen molar-refractivity contribution in [1.29, 1.82) is 0 Å². The maximum atomic E-state index is 11.7. The highest BCUT2D eigenvalue weighted by molar-refractivity contribution is 5.82. The van der Waals surface area contributed by atoms with Crippen LogP contribution in [0.15, 0.2) is 6.07 Å². The number of carboxylic acids is 1. The summed E-state index contributed by atoms with van der Waals surface area (Å²) in [5.41, 5.74) is -0.227. The number of aliphatic carboxylic acids is 1. The number of nitrogens with one attached hydrogen (secondary N) is 1. The number of methoxy groups -OCH3 is 1. The van der Waals surface area contributed by atoms with E-state index >= 15 is 0 Å². The molecule has 0 atom stereocenters. The fraction of sp³-hybridized carbons (Fsp3) is 0.643. The maximum Gasteiger partial charge on any atom is 0.329 e. The summed E-state index contributed by atoms with van der Waals surface area (Å²) >= 11 is 0. The van der Waals surface area contributed by atoms with E-state index in [1.807, 2.05) is 6.92 Å². The molecule has 0 saturated heterocycles. The molecule has 2 rings (SSSR count). The number of carbonyl (C=O) groups is 1. The molecule has 1 aliphatic rings. The minimum absolute atomic E-state index is 0.318. The van der Waals surface area contributed by atoms with E-state index < -0.39 is 11.5 Å². The lowest BCUT2D eigenvalue weighted by Crippen LogP contribution is -2.49. The first-order valence-corrected chi connectivity index (χ1v) is 6.86. The van der Waals surface area contributed by atoms with Crippen molar-refractivity contribution in [1.82, 2.24) is 9.97 Å². The molecule has 1 heterocycles. The van der Waals surface area contributed by atoms with Gasteiger partial charge in [-0.15, -0.1) is 0 Å². The molecular weight excluding hydrogens is 258 g/mol. The quantitative estimate of drug-likeness (QED) is 0.879. The van der Waals surface area contributed by atoms with Gasteiger partial charge in [0.1, 0.15) is 5.54 Å². The normalized spacial score (nSPS) is 26.1. The highest BCUT2D eigenvalue weighted by Crippen LogP contribution is 2.34. The number of ether oxygens (including phenoxy) is 1. The molecule has 0 radical (unpaired) electrons. The largest absolute Gasteiger partial charge is 0.481 e. The lowest BCUT2D eigenvalue weighted by atomic mass is 9.77. The van der Waals surface area contributed by atoms with Gasteiger partial charge >= 0.3 is 5.97 Å². The summed E-state index contributed by atoms with van der Waals surface area (Å²) in [6.07, 6.45) is 2.96. The van der Waals surface area contributed by atoms with Crippen LogP contribution in [0, 0.1) is 12.8 Å². The topological polar surface area (TPSA) is 84.3 Å². The highest BCUT2D eigenvalue weighted by atomic mass is 16.5. The second-order valence-electron chi connectivity index (χ2n) is 5.57. The Balaban J connectivity index is 2.24. The molecule has 110 valence electrons. The Morgan fingerprint density at radius 2 is 2.10 bits per heavy atom. The van der Waals surface area contributed by atoms with Crippen molar-refractivity contribution < 1.29 is 14.6 Å². The molecule has 0 unspecified atom stereocenters. The van der Waals surface area contributed by atoms with Gasteiger partial charge in [-0.3, -0.25) is 0 Å². The maximum absolute atomic E-state index is 11.7. The van der Waals surface area contributed by atoms with E-state index in [0.29, 0.717) is 30.6 Å². The van der Waals surface area contributed by atoms with Gasteiger partial charge in [0, 0.05) is 11.8 Å². The van der Waals surface area contributed by atoms with Crippen LogP contribution in [0.25, 0.3) is 0 Å². The minimum atomic E-state index is -0.967. The first-order valence-electron chi connectivity index (χ1n) is 6.86. The van der Waals surface area contributed by atoms with Crippen molar-refractivity contribution in [3.8, 4) is 5.88 Å². The Hall–Kier alpha value is -1.85. The Morgan fingerprint density at radius 3 is 2.65 bits per heavy atom. The van der Waals surface area contributed by atoms with Gasteiger partial charge < -0.3 is 15.2 Å². The first kappa shape index (κ1) is 14.6. The molecule has 0 aliphatic heterocycles. The van der Waals surface area contributed by atoms with Gasteiger partial charge in [0.25, 0.3) is 0 Å². The van der Waals surface area contributed by atoms with Crippen LogP contribution in [0.2, 0.25) is 0 Å². The minimum Gasteiger partial charge on any atom is -0.481 e. The number of aromatic nitrogens is 2. The third-order valence-corrected chi connectivity index (χ3v) is 3.93. The van der Waals surface area contributed by atoms with E-state index in [4.69, 9.17) is 4.74 Å². The molecule has 0 bridgehead atoms. The van der Waals surface area contributed by atoms with Crippen molar-refractivity contribution in [3.63, 3.8) is 0 Å². The molecule has 1 aliphatic carbocycles. The monoisotopic (exact) mass is 279 g/mol. The summed E-state index contributed by atoms with van der Waals surface area (Å²) < 4.78 is 5.10. The van der Waals surface area contributed by atoms with Crippen molar-refractivity contribution in [2.45, 2.75) is 45.1 Å². The number of aryl methyl sites for hydroxylation is 1. The van der Waals surface area contributed by atoms with Crippen molar-refractivity contribution in [3.05, 3.63) is 11.8 Å². The summed E-state index contributed by atoms with van der Waals surface area (Å²) in [4.78, 5) is 20.1. The van der Waals surface area contributed by atoms with Crippen LogP contribution in [0.4, 0.5) is 5.95 Å². The molecule has 6 nitrogen and oxygen atoms in total. The third kappa shape index (κ3) is 3.00. The standard InChI is InChI=1S/C14H21N3O3/c1-9-4-6-14(7-5-9,12(18)19)17-13-15-10(2)8-11(16-13)20-3/h8-9H,4-7H2,1-3H3,(H,18,19)(H,15,16,17). The molecular formula is C14H21N3O3. The van der Waals surface area contributed by atoms with Gasteiger partial charge in [-0.2, -0.15) is 4.98 Å². The fourth-order valence-corrected chi connectivity index (χ4v) is 2.56. The second-order valence-corrected chi connectivity index (χ2v) is 5.57. The van der Waals surface area contributed by atoms with Crippen molar-refractivity contribution >= 4 is 11.9 Å². The van der Waals surface area contributed by atoms with Crippen LogP contribution < -0.4 is 10.1 Å². The van der Waals surface area contributed by atoms with E-state index in [9.17, 15) is 9.90 Å². The Morgan fingerprint density at radius 1 is 1.45 bits per heavy atom. The van der Waals surface area contributed by atoms with Crippen molar-refractivity contribution in [2.24, 2.45) is 5.92 Å². The summed E-state index contributed by atoms with van der Waals surface area (Å²) in [6, 6.07) is 1.71. The van der Waals surface area contributed by atoms with Crippen LogP contribution in [0.3, 0.4) is 0 Å². The SMILES string of the molecule is COc1cc(C)nc(NC2(C(=O)O)CCC(C)CC2)n1. The number of carboxylic acid groups (broad SMARTS) is 1. The van der Waals surface area contributed by atoms with Crippen LogP contribution >= 0.6 is 0 Å². The molecule has 6 heteroatoms. The number of hydrogen-bond acceptors (Lipinski definition) is 5. The van der Waals surface area contributed by atoms with E-state index in [-0.39, 0.29) is 0 Å². The van der Waals surface area contributed by atoms with Crippen LogP contribution in [-0.2, 0) is 4.79 Å². The average molecular weight is 279 g/mol. The molecule has 1 saturated carbocycles. The number of hydrogen-bond donors (Lipinski definition) is 2. The zero-order valence-corrected chi connectivity index (χ0v) is 12.1. The molecule has 1 aromatic heterocycles. The molecule has 0 amide bonds. The van der Waals surface area contributed by atoms with Gasteiger partial charge in [-0.1, -0.05) is 6.92 Å². The van der Waals surface area contributed by atoms with Gasteiger partial charge in [-0.05, 0) is 38.5 Å². The van der Waals surface area contributed by atoms with Crippen LogP contribution in [0.1, 0.15) is 38.3 Å². The molecule has 0 spiro atoms. The third-order valence-electron chi connectivity index (χ3n) is 3.93. The van der Waals surface area contributed by atoms with Crippen LogP contribution in [0.5, 0.6) is 5.88 Å². The van der Waals surface area contributed by atoms with Gasteiger partial charge in [0.05, 0.1) is 7.11 Å². The Kier molecular flexibility index (Phi) is 4.11. The molecule has 20 heavy (non-hydrogen) atoms. The average Bonchev–Trinajstić information content (AvgIpc) is 2.40. The van der Waals surface area contributed by atoms with E-state index in [0.717, 1.165) is 18.5 Å². The number of rotatable bonds is 4. The number of anilines is 1. The molecule has 2 N–H and O–H groups in total. The van der Waals surface area contributed by atoms with Crippen LogP contribution in [-0.4, -0.2) is 33.7 Å². The smallest absolute Gasteiger partial charge is 0.329 e. The van der Waals surface area contributed by atoms with Crippen molar-refractivity contribution in [2.75, 3.05) is 12.4 Å². The van der Waals surface area contributed by atoms with Gasteiger partial charge in [0.15, 0.2) is 0 Å². The fourth-order valence-electron chi connectivity index (χ4n) is 2.56. The highest BCUT2D eigenvalue weighted by Gasteiger charge is 2.41. The Labute approximate surface area is 118 Å². The lowest BCUT2D eigenvalue weighted by molar-refractivity contribution is -0.143. The summed E-state index contributed by atoms with van der Waals surface area (Å²) in [6.45, 7) is 3.98. The van der Waals surface area contributed by atoms with E-state index in [1.54, 1.807) is 6.07 Å². The molecule has 0 aromatic carbocycles. The van der Waals surface area contributed by atoms with E-state index in [1.165, 1.54) is 7.11 Å². The second kappa shape index (κ2) is 5.64. The summed E-state index contributed by atoms with van der Waals surface area (Å²) in [7, 11) is 1.53. The Bertz CT molecular complexity index is 496. The molecule has 1 fully saturated rings. The van der Waals surface area contributed by atoms with E-state index in [2.05, 4.69) is 22.2 Å². The van der Waals surface area contributed by atoms with Gasteiger partial charge in [-0.25, -0.2) is 9.78 Å². The lowest BCUT2D eigenvalue weighted by Gasteiger charge is -2.36. The molecule has 1 aromatic rings. The predicted octanol–water partition coefficient (Wildman–Crippen LogP) is 2.24. The zero-order chi connectivity index (χ0) is 14.8. The summed E-state index contributed by atoms with van der Waals surface area (Å²) in [5.74, 6) is 0.481. The predicted molar refractivity (Wildman–Crippen MR) is 74.9 cm³/mol. The van der Waals surface area contributed by atoms with Gasteiger partial charge in [0.2, 0.25) is 11.8 Å².